The molecule has 0 spiro atoms. The van der Waals surface area contributed by atoms with E-state index in [0.29, 0.717) is 5.58 Å². The number of nitrogens with one attached hydrogen (secondary N) is 2. The fraction of sp³-hybridized carbons (Fsp3) is 0.100. The molecule has 2 heterocycles. The van der Waals surface area contributed by atoms with E-state index in [9.17, 15) is 4.79 Å². The number of rotatable bonds is 0. The largest absolute Gasteiger partial charge is 0.417 e. The van der Waals surface area contributed by atoms with E-state index in [-0.39, 0.29) is 0 Å². The van der Waals surface area contributed by atoms with E-state index < -0.39 is 5.76 Å². The molecule has 70 valence electrons. The quantitative estimate of drug-likeness (QED) is 0.566. The van der Waals surface area contributed by atoms with Gasteiger partial charge in [0.25, 0.3) is 0 Å². The highest BCUT2D eigenvalue weighted by Crippen LogP contribution is 2.22. The monoisotopic (exact) mass is 188 g/mol. The van der Waals surface area contributed by atoms with Gasteiger partial charge in [0.05, 0.1) is 5.52 Å². The maximum atomic E-state index is 10.9. The molecule has 3 rings (SSSR count). The Kier molecular flexibility index (Phi) is 1.21. The average Bonchev–Trinajstić information content (AvgIpc) is 2.66. The van der Waals surface area contributed by atoms with Crippen LogP contribution in [0.15, 0.2) is 27.5 Å². The molecular formula is C10H8N2O2. The zero-order chi connectivity index (χ0) is 9.71. The Morgan fingerprint density at radius 1 is 1.29 bits per heavy atom. The van der Waals surface area contributed by atoms with Crippen LogP contribution in [-0.2, 0) is 0 Å². The molecule has 2 N–H and O–H groups in total. The molecule has 3 aromatic rings. The first-order valence-electron chi connectivity index (χ1n) is 4.34. The molecular weight excluding hydrogens is 180 g/mol. The standard InChI is InChI=1S/C10H8N2O2/c1-5-4-11-7-3-8-9(2-6(5)7)14-10(13)12-8/h2-4,11H,1H3,(H,12,13). The zero-order valence-corrected chi connectivity index (χ0v) is 7.55. The molecule has 4 heteroatoms. The molecule has 0 fully saturated rings. The van der Waals surface area contributed by atoms with E-state index in [1.807, 2.05) is 25.3 Å². The van der Waals surface area contributed by atoms with Gasteiger partial charge in [0.15, 0.2) is 5.58 Å². The van der Waals surface area contributed by atoms with Crippen molar-refractivity contribution in [3.8, 4) is 0 Å². The third kappa shape index (κ3) is 0.849. The lowest BCUT2D eigenvalue weighted by atomic mass is 10.2. The number of aromatic amines is 2. The van der Waals surface area contributed by atoms with Gasteiger partial charge in [-0.25, -0.2) is 4.79 Å². The molecule has 0 amide bonds. The lowest BCUT2D eigenvalue weighted by molar-refractivity contribution is 0.555. The van der Waals surface area contributed by atoms with Crippen LogP contribution >= 0.6 is 0 Å². The SMILES string of the molecule is Cc1c[nH]c2cc3[nH]c(=O)oc3cc12. The van der Waals surface area contributed by atoms with Crippen LogP contribution in [0.1, 0.15) is 5.56 Å². The van der Waals surface area contributed by atoms with Gasteiger partial charge in [-0.05, 0) is 24.6 Å². The molecule has 1 aromatic carbocycles. The Labute approximate surface area is 78.5 Å². The average molecular weight is 188 g/mol. The zero-order valence-electron chi connectivity index (χ0n) is 7.55. The van der Waals surface area contributed by atoms with Gasteiger partial charge in [-0.15, -0.1) is 0 Å². The summed E-state index contributed by atoms with van der Waals surface area (Å²) in [6, 6.07) is 3.75. The van der Waals surface area contributed by atoms with Crippen molar-refractivity contribution < 1.29 is 4.42 Å². The summed E-state index contributed by atoms with van der Waals surface area (Å²) in [5, 5.41) is 1.08. The van der Waals surface area contributed by atoms with Crippen LogP contribution in [0.5, 0.6) is 0 Å². The predicted octanol–water partition coefficient (Wildman–Crippen LogP) is 1.91. The van der Waals surface area contributed by atoms with Crippen LogP contribution in [-0.4, -0.2) is 9.97 Å². The Balaban J connectivity index is 2.59. The molecule has 0 bridgehead atoms. The van der Waals surface area contributed by atoms with Crippen LogP contribution in [0, 0.1) is 6.92 Å². The molecule has 0 saturated heterocycles. The fourth-order valence-corrected chi connectivity index (χ4v) is 1.71. The van der Waals surface area contributed by atoms with Gasteiger partial charge in [-0.1, -0.05) is 0 Å². The molecule has 14 heavy (non-hydrogen) atoms. The van der Waals surface area contributed by atoms with Crippen LogP contribution < -0.4 is 5.76 Å². The smallest absolute Gasteiger partial charge is 0.408 e. The van der Waals surface area contributed by atoms with E-state index >= 15 is 0 Å². The van der Waals surface area contributed by atoms with Crippen molar-refractivity contribution in [3.63, 3.8) is 0 Å². The number of aromatic nitrogens is 2. The second kappa shape index (κ2) is 2.29. The summed E-state index contributed by atoms with van der Waals surface area (Å²) in [4.78, 5) is 16.7. The van der Waals surface area contributed by atoms with E-state index in [0.717, 1.165) is 22.0 Å². The lowest BCUT2D eigenvalue weighted by Gasteiger charge is -1.90. The van der Waals surface area contributed by atoms with Gasteiger partial charge in [0.1, 0.15) is 0 Å². The van der Waals surface area contributed by atoms with E-state index in [4.69, 9.17) is 4.42 Å². The fourth-order valence-electron chi connectivity index (χ4n) is 1.71. The molecule has 0 aliphatic rings. The summed E-state index contributed by atoms with van der Waals surface area (Å²) in [6.07, 6.45) is 1.93. The maximum Gasteiger partial charge on any atom is 0.417 e. The number of hydrogen-bond donors (Lipinski definition) is 2. The summed E-state index contributed by atoms with van der Waals surface area (Å²) >= 11 is 0. The molecule has 0 unspecified atom stereocenters. The van der Waals surface area contributed by atoms with E-state index in [2.05, 4.69) is 9.97 Å². The first kappa shape index (κ1) is 7.44. The number of hydrogen-bond acceptors (Lipinski definition) is 2. The van der Waals surface area contributed by atoms with Crippen molar-refractivity contribution in [3.05, 3.63) is 34.4 Å². The minimum Gasteiger partial charge on any atom is -0.408 e. The summed E-state index contributed by atoms with van der Waals surface area (Å²) in [6.45, 7) is 2.01. The van der Waals surface area contributed by atoms with Crippen molar-refractivity contribution in [2.75, 3.05) is 0 Å². The topological polar surface area (TPSA) is 61.8 Å². The van der Waals surface area contributed by atoms with Gasteiger partial charge in [-0.2, -0.15) is 0 Å². The van der Waals surface area contributed by atoms with E-state index in [1.165, 1.54) is 0 Å². The van der Waals surface area contributed by atoms with Crippen molar-refractivity contribution >= 4 is 22.0 Å². The summed E-state index contributed by atoms with van der Waals surface area (Å²) < 4.78 is 4.98. The molecule has 0 aliphatic heterocycles. The molecule has 0 aliphatic carbocycles. The molecule has 2 aromatic heterocycles. The van der Waals surface area contributed by atoms with Crippen LogP contribution in [0.25, 0.3) is 22.0 Å². The van der Waals surface area contributed by atoms with Gasteiger partial charge in [0, 0.05) is 17.1 Å². The lowest BCUT2D eigenvalue weighted by Crippen LogP contribution is -1.92. The Morgan fingerprint density at radius 2 is 2.14 bits per heavy atom. The molecule has 0 radical (unpaired) electrons. The third-order valence-electron chi connectivity index (χ3n) is 2.43. The van der Waals surface area contributed by atoms with Crippen LogP contribution in [0.3, 0.4) is 0 Å². The van der Waals surface area contributed by atoms with Crippen molar-refractivity contribution in [1.82, 2.24) is 9.97 Å². The molecule has 0 atom stereocenters. The molecule has 4 nitrogen and oxygen atoms in total. The highest BCUT2D eigenvalue weighted by Gasteiger charge is 2.05. The maximum absolute atomic E-state index is 10.9. The van der Waals surface area contributed by atoms with Crippen LogP contribution in [0.2, 0.25) is 0 Å². The normalized spacial score (nSPS) is 11.5. The summed E-state index contributed by atoms with van der Waals surface area (Å²) in [7, 11) is 0. The Hall–Kier alpha value is -1.97. The number of oxazole rings is 1. The van der Waals surface area contributed by atoms with Crippen LogP contribution in [0.4, 0.5) is 0 Å². The first-order valence-corrected chi connectivity index (χ1v) is 4.34. The number of fused-ring (bicyclic) bond motifs is 2. The minimum absolute atomic E-state index is 0.412. The summed E-state index contributed by atoms with van der Waals surface area (Å²) in [5.74, 6) is -0.412. The highest BCUT2D eigenvalue weighted by atomic mass is 16.4. The number of benzene rings is 1. The first-order chi connectivity index (χ1) is 6.74. The predicted molar refractivity (Wildman–Crippen MR) is 53.4 cm³/mol. The van der Waals surface area contributed by atoms with Gasteiger partial charge >= 0.3 is 5.76 Å². The Morgan fingerprint density at radius 3 is 3.00 bits per heavy atom. The second-order valence-electron chi connectivity index (χ2n) is 3.38. The van der Waals surface area contributed by atoms with Gasteiger partial charge in [-0.3, -0.25) is 4.98 Å². The van der Waals surface area contributed by atoms with Crippen molar-refractivity contribution in [2.24, 2.45) is 0 Å². The highest BCUT2D eigenvalue weighted by molar-refractivity contribution is 5.94. The summed E-state index contributed by atoms with van der Waals surface area (Å²) in [5.41, 5.74) is 3.48. The minimum atomic E-state index is -0.412. The number of aryl methyl sites for hydroxylation is 1. The van der Waals surface area contributed by atoms with Crippen molar-refractivity contribution in [1.29, 1.82) is 0 Å². The van der Waals surface area contributed by atoms with E-state index in [1.54, 1.807) is 0 Å². The van der Waals surface area contributed by atoms with Gasteiger partial charge in [0.2, 0.25) is 0 Å². The van der Waals surface area contributed by atoms with Crippen molar-refractivity contribution in [2.45, 2.75) is 6.92 Å². The third-order valence-corrected chi connectivity index (χ3v) is 2.43. The number of H-pyrrole nitrogens is 2. The second-order valence-corrected chi connectivity index (χ2v) is 3.38. The van der Waals surface area contributed by atoms with Gasteiger partial charge < -0.3 is 9.40 Å². The molecule has 0 saturated carbocycles. The Bertz CT molecular complexity index is 672.